The molecular weight excluding hydrogens is 452 g/mol. The number of hydrogen-bond acceptors (Lipinski definition) is 4. The molecule has 5 unspecified atom stereocenters. The summed E-state index contributed by atoms with van der Waals surface area (Å²) >= 11 is 0. The Bertz CT molecular complexity index is 1030. The van der Waals surface area contributed by atoms with Crippen LogP contribution in [-0.4, -0.2) is 28.9 Å². The molecule has 0 heterocycles. The van der Waals surface area contributed by atoms with Crippen LogP contribution >= 0.6 is 0 Å². The predicted octanol–water partition coefficient (Wildman–Crippen LogP) is 6.59. The van der Waals surface area contributed by atoms with Gasteiger partial charge in [-0.3, -0.25) is 14.4 Å². The van der Waals surface area contributed by atoms with Crippen molar-refractivity contribution in [3.8, 4) is 0 Å². The molecule has 5 nitrogen and oxygen atoms in total. The van der Waals surface area contributed by atoms with Gasteiger partial charge in [-0.15, -0.1) is 0 Å². The van der Waals surface area contributed by atoms with Crippen LogP contribution in [0.15, 0.2) is 11.6 Å². The van der Waals surface area contributed by atoms with Crippen LogP contribution in [0.4, 0.5) is 0 Å². The Kier molecular flexibility index (Phi) is 5.72. The molecule has 0 saturated heterocycles. The maximum atomic E-state index is 14.3. The summed E-state index contributed by atoms with van der Waals surface area (Å²) in [6.45, 7) is 14.9. The number of allylic oxidation sites excluding steroid dienone is 2. The first-order valence-electron chi connectivity index (χ1n) is 14.3. The molecular formula is C31H46O5. The number of carbonyl (C=O) groups excluding carboxylic acids is 2. The van der Waals surface area contributed by atoms with E-state index < -0.39 is 28.9 Å². The fraction of sp³-hybridized carbons (Fsp3) is 0.839. The van der Waals surface area contributed by atoms with Crippen molar-refractivity contribution in [2.45, 2.75) is 112 Å². The normalized spacial score (nSPS) is 52.1. The highest BCUT2D eigenvalue weighted by molar-refractivity contribution is 5.96. The van der Waals surface area contributed by atoms with Gasteiger partial charge in [-0.1, -0.05) is 53.0 Å². The molecule has 0 spiro atoms. The quantitative estimate of drug-likeness (QED) is 0.434. The molecule has 200 valence electrons. The standard InChI is InChI=1S/C31H46O5/c1-18-9-8-12-27(3)15-16-29(5)20(24(18)27)17-21(33)25-28(4)13-11-23(36-19(2)32)31(7,26(34)35)22(28)10-14-30(25,29)6/h17-18,22-25H,8-16H2,1-7H3,(H,34,35)/t18-,22?,23?,24?,25?,27+,28-,29?,30+,31+/m0/s1. The van der Waals surface area contributed by atoms with Crippen LogP contribution in [0, 0.1) is 50.7 Å². The lowest BCUT2D eigenvalue weighted by Crippen LogP contribution is -2.68. The second-order valence-electron chi connectivity index (χ2n) is 14.5. The maximum absolute atomic E-state index is 14.3. The van der Waals surface area contributed by atoms with Crippen molar-refractivity contribution in [1.82, 2.24) is 0 Å². The van der Waals surface area contributed by atoms with Crippen molar-refractivity contribution < 1.29 is 24.2 Å². The van der Waals surface area contributed by atoms with Crippen molar-refractivity contribution in [2.75, 3.05) is 0 Å². The first kappa shape index (κ1) is 26.0. The third-order valence-corrected chi connectivity index (χ3v) is 12.9. The molecule has 5 aliphatic rings. The van der Waals surface area contributed by atoms with E-state index in [-0.39, 0.29) is 33.9 Å². The highest BCUT2D eigenvalue weighted by Gasteiger charge is 2.72. The van der Waals surface area contributed by atoms with E-state index in [0.717, 1.165) is 19.3 Å². The van der Waals surface area contributed by atoms with Crippen molar-refractivity contribution in [3.05, 3.63) is 11.6 Å². The molecule has 4 saturated carbocycles. The number of ketones is 1. The van der Waals surface area contributed by atoms with Crippen molar-refractivity contribution >= 4 is 17.7 Å². The van der Waals surface area contributed by atoms with Crippen molar-refractivity contribution in [3.63, 3.8) is 0 Å². The Morgan fingerprint density at radius 1 is 0.972 bits per heavy atom. The summed E-state index contributed by atoms with van der Waals surface area (Å²) in [5.41, 5.74) is -0.222. The van der Waals surface area contributed by atoms with Crippen LogP contribution in [0.2, 0.25) is 0 Å². The lowest BCUT2D eigenvalue weighted by atomic mass is 9.33. The van der Waals surface area contributed by atoms with E-state index in [0.29, 0.717) is 24.7 Å². The molecule has 0 aromatic heterocycles. The Balaban J connectivity index is 1.62. The molecule has 5 heteroatoms. The number of hydrogen-bond donors (Lipinski definition) is 1. The molecule has 0 aromatic carbocycles. The van der Waals surface area contributed by atoms with Gasteiger partial charge < -0.3 is 9.84 Å². The summed E-state index contributed by atoms with van der Waals surface area (Å²) in [5, 5.41) is 10.5. The molecule has 0 bridgehead atoms. The topological polar surface area (TPSA) is 80.7 Å². The minimum atomic E-state index is -1.20. The molecule has 5 rings (SSSR count). The first-order chi connectivity index (χ1) is 16.6. The van der Waals surface area contributed by atoms with Gasteiger partial charge in [0.15, 0.2) is 5.78 Å². The van der Waals surface area contributed by atoms with Crippen LogP contribution in [0.5, 0.6) is 0 Å². The summed E-state index contributed by atoms with van der Waals surface area (Å²) in [7, 11) is 0. The minimum absolute atomic E-state index is 0.0539. The van der Waals surface area contributed by atoms with Gasteiger partial charge in [-0.25, -0.2) is 0 Å². The molecule has 4 fully saturated rings. The number of fused-ring (bicyclic) bond motifs is 7. The summed E-state index contributed by atoms with van der Waals surface area (Å²) in [4.78, 5) is 39.0. The van der Waals surface area contributed by atoms with E-state index in [2.05, 4.69) is 40.7 Å². The molecule has 5 aliphatic carbocycles. The van der Waals surface area contributed by atoms with Gasteiger partial charge in [0.25, 0.3) is 0 Å². The summed E-state index contributed by atoms with van der Waals surface area (Å²) in [5.74, 6) is -0.509. The summed E-state index contributed by atoms with van der Waals surface area (Å²) < 4.78 is 5.62. The van der Waals surface area contributed by atoms with E-state index in [1.807, 2.05) is 0 Å². The van der Waals surface area contributed by atoms with Crippen LogP contribution in [0.3, 0.4) is 0 Å². The maximum Gasteiger partial charge on any atom is 0.313 e. The monoisotopic (exact) mass is 498 g/mol. The SMILES string of the molecule is CC(=O)OC1CC[C@@]2(C)C(CC[C@]3(C)C2C(=O)C=C2C4[C@@H](C)CCC[C@]4(C)CCC23C)[C@@]1(C)C(=O)O. The fourth-order valence-electron chi connectivity index (χ4n) is 10.9. The molecule has 10 atom stereocenters. The van der Waals surface area contributed by atoms with Gasteiger partial charge in [0.05, 0.1) is 0 Å². The van der Waals surface area contributed by atoms with Crippen LogP contribution in [-0.2, 0) is 19.1 Å². The van der Waals surface area contributed by atoms with Crippen LogP contribution < -0.4 is 0 Å². The number of carboxylic acids is 1. The average Bonchev–Trinajstić information content (AvgIpc) is 2.77. The average molecular weight is 499 g/mol. The third kappa shape index (κ3) is 3.10. The van der Waals surface area contributed by atoms with Gasteiger partial charge in [0, 0.05) is 12.8 Å². The van der Waals surface area contributed by atoms with E-state index in [4.69, 9.17) is 4.74 Å². The zero-order chi connectivity index (χ0) is 26.5. The number of carboxylic acid groups (broad SMARTS) is 1. The molecule has 0 amide bonds. The largest absolute Gasteiger partial charge is 0.481 e. The van der Waals surface area contributed by atoms with Crippen LogP contribution in [0.25, 0.3) is 0 Å². The van der Waals surface area contributed by atoms with Gasteiger partial charge >= 0.3 is 11.9 Å². The first-order valence-corrected chi connectivity index (χ1v) is 14.3. The Hall–Kier alpha value is -1.65. The molecule has 0 radical (unpaired) electrons. The summed E-state index contributed by atoms with van der Waals surface area (Å²) in [6, 6.07) is 0. The Labute approximate surface area is 216 Å². The van der Waals surface area contributed by atoms with Gasteiger partial charge in [-0.05, 0) is 97.4 Å². The van der Waals surface area contributed by atoms with Gasteiger partial charge in [0.2, 0.25) is 0 Å². The van der Waals surface area contributed by atoms with Crippen molar-refractivity contribution in [1.29, 1.82) is 0 Å². The smallest absolute Gasteiger partial charge is 0.313 e. The summed E-state index contributed by atoms with van der Waals surface area (Å²) in [6.07, 6.45) is 10.2. The predicted molar refractivity (Wildman–Crippen MR) is 138 cm³/mol. The Morgan fingerprint density at radius 3 is 2.31 bits per heavy atom. The number of rotatable bonds is 2. The number of aliphatic carboxylic acids is 1. The Morgan fingerprint density at radius 2 is 1.67 bits per heavy atom. The number of ether oxygens (including phenoxy) is 1. The van der Waals surface area contributed by atoms with E-state index >= 15 is 0 Å². The zero-order valence-corrected chi connectivity index (χ0v) is 23.4. The molecule has 1 N–H and O–H groups in total. The molecule has 36 heavy (non-hydrogen) atoms. The highest BCUT2D eigenvalue weighted by atomic mass is 16.5. The highest BCUT2D eigenvalue weighted by Crippen LogP contribution is 2.75. The van der Waals surface area contributed by atoms with Gasteiger partial charge in [-0.2, -0.15) is 0 Å². The lowest BCUT2D eigenvalue weighted by molar-refractivity contribution is -0.220. The van der Waals surface area contributed by atoms with Crippen LogP contribution in [0.1, 0.15) is 106 Å². The van der Waals surface area contributed by atoms with Gasteiger partial charge in [0.1, 0.15) is 11.5 Å². The molecule has 0 aliphatic heterocycles. The van der Waals surface area contributed by atoms with Crippen molar-refractivity contribution in [2.24, 2.45) is 50.7 Å². The fourth-order valence-corrected chi connectivity index (χ4v) is 10.9. The second kappa shape index (κ2) is 7.93. The van der Waals surface area contributed by atoms with E-state index in [1.165, 1.54) is 38.2 Å². The lowest BCUT2D eigenvalue weighted by Gasteiger charge is -2.70. The number of esters is 1. The molecule has 0 aromatic rings. The van der Waals surface area contributed by atoms with E-state index in [9.17, 15) is 19.5 Å². The third-order valence-electron chi connectivity index (χ3n) is 12.9. The second-order valence-corrected chi connectivity index (χ2v) is 14.5. The number of carbonyl (C=O) groups is 3. The zero-order valence-electron chi connectivity index (χ0n) is 23.4. The van der Waals surface area contributed by atoms with E-state index in [1.54, 1.807) is 6.92 Å². The minimum Gasteiger partial charge on any atom is -0.481 e.